The molecule has 0 aliphatic carbocycles. The molecule has 12 heteroatoms. The molecule has 0 fully saturated rings. The highest BCUT2D eigenvalue weighted by Crippen LogP contribution is 2.30. The summed E-state index contributed by atoms with van der Waals surface area (Å²) in [6.45, 7) is 1.82. The molecule has 3 aromatic rings. The first-order valence-corrected chi connectivity index (χ1v) is 9.36. The Hall–Kier alpha value is -3.64. The summed E-state index contributed by atoms with van der Waals surface area (Å²) in [5.41, 5.74) is 3.12. The van der Waals surface area contributed by atoms with Crippen LogP contribution in [0.4, 0.5) is 23.0 Å². The van der Waals surface area contributed by atoms with E-state index in [2.05, 4.69) is 30.5 Å². The number of hydrogen-bond donors (Lipinski definition) is 3. The van der Waals surface area contributed by atoms with Crippen molar-refractivity contribution in [3.63, 3.8) is 0 Å². The van der Waals surface area contributed by atoms with Crippen LogP contribution in [0, 0.1) is 17.0 Å². The van der Waals surface area contributed by atoms with Gasteiger partial charge in [-0.3, -0.25) is 20.5 Å². The molecule has 1 aromatic carbocycles. The van der Waals surface area contributed by atoms with Gasteiger partial charge in [0.05, 0.1) is 21.7 Å². The summed E-state index contributed by atoms with van der Waals surface area (Å²) in [6.07, 6.45) is 4.07. The molecule has 11 nitrogen and oxygen atoms in total. The van der Waals surface area contributed by atoms with Crippen LogP contribution in [0.2, 0.25) is 0 Å². The van der Waals surface area contributed by atoms with E-state index in [1.54, 1.807) is 30.5 Å². The average Bonchev–Trinajstić information content (AvgIpc) is 2.67. The quantitative estimate of drug-likeness (QED) is 0.399. The van der Waals surface area contributed by atoms with Crippen LogP contribution in [-0.4, -0.2) is 28.3 Å². The maximum atomic E-state index is 12.4. The molecule has 0 amide bonds. The van der Waals surface area contributed by atoms with Gasteiger partial charge in [0, 0.05) is 6.20 Å². The number of aryl methyl sites for hydroxylation is 1. The van der Waals surface area contributed by atoms with Gasteiger partial charge in [-0.2, -0.15) is 0 Å². The highest BCUT2D eigenvalue weighted by atomic mass is 32.2. The van der Waals surface area contributed by atoms with Crippen molar-refractivity contribution < 1.29 is 13.3 Å². The zero-order valence-electron chi connectivity index (χ0n) is 14.5. The number of aromatic nitrogens is 3. The first kappa shape index (κ1) is 19.1. The van der Waals surface area contributed by atoms with Crippen molar-refractivity contribution in [3.05, 3.63) is 70.8 Å². The van der Waals surface area contributed by atoms with Gasteiger partial charge in [-0.15, -0.1) is 4.83 Å². The minimum absolute atomic E-state index is 0.00369. The summed E-state index contributed by atoms with van der Waals surface area (Å²) in [4.78, 5) is 24.4. The molecule has 0 spiro atoms. The minimum Gasteiger partial charge on any atom is -0.333 e. The summed E-state index contributed by atoms with van der Waals surface area (Å²) in [6, 6.07) is 9.40. The molecule has 0 saturated heterocycles. The number of rotatable bonds is 7. The standard InChI is InChI=1S/C16H15N7O4S/c1-11-4-6-13(7-5-11)28(26,27)22-21-16-14(23(24)25)15(18-10-19-16)20-12-3-2-8-17-9-12/h2-10,22H,1H3,(H2,18,19,20,21). The second kappa shape index (κ2) is 7.94. The van der Waals surface area contributed by atoms with E-state index in [0.717, 1.165) is 11.9 Å². The van der Waals surface area contributed by atoms with Gasteiger partial charge in [0.25, 0.3) is 10.0 Å². The van der Waals surface area contributed by atoms with Crippen LogP contribution in [0.3, 0.4) is 0 Å². The molecule has 3 rings (SSSR count). The molecule has 0 bridgehead atoms. The van der Waals surface area contributed by atoms with Gasteiger partial charge in [-0.1, -0.05) is 17.7 Å². The van der Waals surface area contributed by atoms with Crippen LogP contribution in [0.1, 0.15) is 5.56 Å². The smallest absolute Gasteiger partial charge is 0.333 e. The number of hydrazine groups is 1. The molecule has 0 aliphatic rings. The van der Waals surface area contributed by atoms with E-state index in [1.807, 2.05) is 6.92 Å². The highest BCUT2D eigenvalue weighted by molar-refractivity contribution is 7.89. The summed E-state index contributed by atoms with van der Waals surface area (Å²) >= 11 is 0. The van der Waals surface area contributed by atoms with Crippen LogP contribution in [-0.2, 0) is 10.0 Å². The Labute approximate surface area is 160 Å². The van der Waals surface area contributed by atoms with Gasteiger partial charge in [-0.05, 0) is 31.2 Å². The largest absolute Gasteiger partial charge is 0.354 e. The van der Waals surface area contributed by atoms with Gasteiger partial charge in [0.15, 0.2) is 0 Å². The Kier molecular flexibility index (Phi) is 5.42. The Balaban J connectivity index is 1.86. The van der Waals surface area contributed by atoms with E-state index in [1.165, 1.54) is 18.3 Å². The number of pyridine rings is 1. The fourth-order valence-electron chi connectivity index (χ4n) is 2.20. The zero-order valence-corrected chi connectivity index (χ0v) is 15.3. The summed E-state index contributed by atoms with van der Waals surface area (Å²) < 4.78 is 24.7. The van der Waals surface area contributed by atoms with Crippen molar-refractivity contribution >= 4 is 33.0 Å². The van der Waals surface area contributed by atoms with Crippen molar-refractivity contribution in [3.8, 4) is 0 Å². The second-order valence-corrected chi connectivity index (χ2v) is 7.27. The molecule has 2 heterocycles. The number of nitro groups is 1. The summed E-state index contributed by atoms with van der Waals surface area (Å²) in [7, 11) is -3.96. The van der Waals surface area contributed by atoms with Gasteiger partial charge in [0.1, 0.15) is 6.33 Å². The Morgan fingerprint density at radius 3 is 2.43 bits per heavy atom. The van der Waals surface area contributed by atoms with E-state index < -0.39 is 20.6 Å². The fraction of sp³-hybridized carbons (Fsp3) is 0.0625. The number of nitrogens with one attached hydrogen (secondary N) is 3. The lowest BCUT2D eigenvalue weighted by Crippen LogP contribution is -2.30. The number of sulfonamides is 1. The van der Waals surface area contributed by atoms with Gasteiger partial charge in [0.2, 0.25) is 11.6 Å². The van der Waals surface area contributed by atoms with Gasteiger partial charge in [-0.25, -0.2) is 18.4 Å². The Morgan fingerprint density at radius 1 is 1.07 bits per heavy atom. The monoisotopic (exact) mass is 401 g/mol. The normalized spacial score (nSPS) is 11.0. The molecule has 0 atom stereocenters. The molecular weight excluding hydrogens is 386 g/mol. The molecule has 28 heavy (non-hydrogen) atoms. The lowest BCUT2D eigenvalue weighted by atomic mass is 10.2. The SMILES string of the molecule is Cc1ccc(S(=O)(=O)NNc2ncnc(Nc3cccnc3)c2[N+](=O)[O-])cc1. The van der Waals surface area contributed by atoms with Crippen LogP contribution >= 0.6 is 0 Å². The van der Waals surface area contributed by atoms with Crippen LogP contribution in [0.5, 0.6) is 0 Å². The first-order chi connectivity index (χ1) is 13.4. The van der Waals surface area contributed by atoms with Crippen LogP contribution < -0.4 is 15.6 Å². The maximum absolute atomic E-state index is 12.4. The number of hydrogen-bond acceptors (Lipinski definition) is 9. The number of benzene rings is 1. The minimum atomic E-state index is -3.96. The van der Waals surface area contributed by atoms with Crippen LogP contribution in [0.25, 0.3) is 0 Å². The van der Waals surface area contributed by atoms with E-state index in [4.69, 9.17) is 0 Å². The fourth-order valence-corrected chi connectivity index (χ4v) is 3.04. The molecule has 0 aliphatic heterocycles. The van der Waals surface area contributed by atoms with Crippen molar-refractivity contribution in [1.82, 2.24) is 19.8 Å². The van der Waals surface area contributed by atoms with Crippen molar-refractivity contribution in [2.75, 3.05) is 10.7 Å². The third-order valence-corrected chi connectivity index (χ3v) is 4.83. The average molecular weight is 401 g/mol. The van der Waals surface area contributed by atoms with Crippen LogP contribution in [0.15, 0.2) is 60.0 Å². The zero-order chi connectivity index (χ0) is 20.1. The molecule has 3 N–H and O–H groups in total. The molecule has 2 aromatic heterocycles. The molecule has 0 unspecified atom stereocenters. The summed E-state index contributed by atoms with van der Waals surface area (Å²) in [5.74, 6) is -0.438. The lowest BCUT2D eigenvalue weighted by molar-refractivity contribution is -0.383. The van der Waals surface area contributed by atoms with E-state index in [9.17, 15) is 18.5 Å². The van der Waals surface area contributed by atoms with Crippen molar-refractivity contribution in [2.24, 2.45) is 0 Å². The molecular formula is C16H15N7O4S. The van der Waals surface area contributed by atoms with Gasteiger partial charge >= 0.3 is 5.69 Å². The third kappa shape index (κ3) is 4.36. The van der Waals surface area contributed by atoms with E-state index >= 15 is 0 Å². The van der Waals surface area contributed by atoms with Gasteiger partial charge < -0.3 is 5.32 Å². The predicted octanol–water partition coefficient (Wildman–Crippen LogP) is 2.14. The molecule has 0 radical (unpaired) electrons. The topological polar surface area (TPSA) is 152 Å². The summed E-state index contributed by atoms with van der Waals surface area (Å²) in [5, 5.41) is 14.3. The Bertz CT molecular complexity index is 1090. The Morgan fingerprint density at radius 2 is 1.79 bits per heavy atom. The highest BCUT2D eigenvalue weighted by Gasteiger charge is 2.24. The number of anilines is 3. The number of nitrogens with zero attached hydrogens (tertiary/aromatic N) is 4. The lowest BCUT2D eigenvalue weighted by Gasteiger charge is -2.11. The molecule has 0 saturated carbocycles. The predicted molar refractivity (Wildman–Crippen MR) is 101 cm³/mol. The maximum Gasteiger partial charge on any atom is 0.354 e. The third-order valence-electron chi connectivity index (χ3n) is 3.56. The van der Waals surface area contributed by atoms with E-state index in [0.29, 0.717) is 5.69 Å². The van der Waals surface area contributed by atoms with E-state index in [-0.39, 0.29) is 16.5 Å². The van der Waals surface area contributed by atoms with Crippen molar-refractivity contribution in [2.45, 2.75) is 11.8 Å². The first-order valence-electron chi connectivity index (χ1n) is 7.88. The molecule has 144 valence electrons. The van der Waals surface area contributed by atoms with Crippen molar-refractivity contribution in [1.29, 1.82) is 0 Å². The second-order valence-electron chi connectivity index (χ2n) is 5.59.